The molecule has 0 spiro atoms. The highest BCUT2D eigenvalue weighted by molar-refractivity contribution is 6.40. The number of fused-ring (bicyclic) bond motifs is 4. The molecule has 168 valence electrons. The SMILES string of the molecule is C1=CC2=NC1=CC1=NC(=CC3=NC(=CC4=NC(=C2)C=C4)C(c2ccccc2)=C3c2ccccc2)C=C1. The van der Waals surface area contributed by atoms with Gasteiger partial charge in [0.05, 0.1) is 45.6 Å². The van der Waals surface area contributed by atoms with Crippen molar-refractivity contribution in [3.05, 3.63) is 155 Å². The molecule has 8 bridgehead atoms. The fraction of sp³-hybridized carbons (Fsp3) is 0. The van der Waals surface area contributed by atoms with Gasteiger partial charge in [-0.05, 0) is 71.9 Å². The summed E-state index contributed by atoms with van der Waals surface area (Å²) in [6, 6.07) is 20.9. The fourth-order valence-electron chi connectivity index (χ4n) is 4.75. The molecule has 5 aliphatic heterocycles. The van der Waals surface area contributed by atoms with Gasteiger partial charge in [0.15, 0.2) is 0 Å². The Morgan fingerprint density at radius 1 is 0.389 bits per heavy atom. The zero-order chi connectivity index (χ0) is 23.9. The zero-order valence-electron chi connectivity index (χ0n) is 19.3. The van der Waals surface area contributed by atoms with Gasteiger partial charge in [0.1, 0.15) is 0 Å². The normalized spacial score (nSPS) is 19.4. The highest BCUT2D eigenvalue weighted by Crippen LogP contribution is 2.40. The van der Waals surface area contributed by atoms with Crippen LogP contribution in [0.15, 0.2) is 164 Å². The van der Waals surface area contributed by atoms with Crippen LogP contribution in [-0.2, 0) is 0 Å². The molecule has 4 nitrogen and oxygen atoms in total. The summed E-state index contributed by atoms with van der Waals surface area (Å²) in [5.41, 5.74) is 11.4. The number of nitrogens with zero attached hydrogens (tertiary/aromatic N) is 4. The third kappa shape index (κ3) is 3.75. The molecule has 0 saturated carbocycles. The molecule has 0 radical (unpaired) electrons. The van der Waals surface area contributed by atoms with Crippen molar-refractivity contribution in [1.29, 1.82) is 0 Å². The Morgan fingerprint density at radius 3 is 1.42 bits per heavy atom. The van der Waals surface area contributed by atoms with E-state index < -0.39 is 0 Å². The predicted molar refractivity (Wildman–Crippen MR) is 149 cm³/mol. The first kappa shape index (κ1) is 20.4. The van der Waals surface area contributed by atoms with E-state index in [4.69, 9.17) is 20.0 Å². The molecule has 0 amide bonds. The summed E-state index contributed by atoms with van der Waals surface area (Å²) in [7, 11) is 0. The molecule has 5 aliphatic rings. The smallest absolute Gasteiger partial charge is 0.0744 e. The minimum Gasteiger partial charge on any atom is -0.249 e. The van der Waals surface area contributed by atoms with E-state index in [9.17, 15) is 0 Å². The average Bonchev–Trinajstić information content (AvgIpc) is 3.70. The molecule has 0 fully saturated rings. The summed E-state index contributed by atoms with van der Waals surface area (Å²) in [6.45, 7) is 0. The minimum atomic E-state index is 0.862. The van der Waals surface area contributed by atoms with Crippen molar-refractivity contribution in [3.63, 3.8) is 0 Å². The van der Waals surface area contributed by atoms with E-state index >= 15 is 0 Å². The van der Waals surface area contributed by atoms with Crippen molar-refractivity contribution >= 4 is 34.0 Å². The Morgan fingerprint density at radius 2 is 0.861 bits per heavy atom. The molecular formula is C32H20N4. The van der Waals surface area contributed by atoms with E-state index in [2.05, 4.69) is 60.7 Å². The van der Waals surface area contributed by atoms with Crippen molar-refractivity contribution in [3.8, 4) is 0 Å². The molecule has 4 heteroatoms. The highest BCUT2D eigenvalue weighted by Gasteiger charge is 2.26. The molecule has 0 N–H and O–H groups in total. The van der Waals surface area contributed by atoms with Crippen LogP contribution in [-0.4, -0.2) is 22.8 Å². The number of rotatable bonds is 2. The molecule has 36 heavy (non-hydrogen) atoms. The van der Waals surface area contributed by atoms with Crippen LogP contribution in [0.3, 0.4) is 0 Å². The summed E-state index contributed by atoms with van der Waals surface area (Å²) < 4.78 is 0. The molecular weight excluding hydrogens is 440 g/mol. The third-order valence-corrected chi connectivity index (χ3v) is 6.34. The molecule has 2 aromatic carbocycles. The largest absolute Gasteiger partial charge is 0.249 e. The Labute approximate surface area is 209 Å². The van der Waals surface area contributed by atoms with Gasteiger partial charge in [-0.1, -0.05) is 60.7 Å². The lowest BCUT2D eigenvalue weighted by Gasteiger charge is -2.10. The van der Waals surface area contributed by atoms with Gasteiger partial charge < -0.3 is 0 Å². The lowest BCUT2D eigenvalue weighted by Crippen LogP contribution is -1.98. The summed E-state index contributed by atoms with van der Waals surface area (Å²) in [6.07, 6.45) is 20.2. The third-order valence-electron chi connectivity index (χ3n) is 6.34. The van der Waals surface area contributed by atoms with Gasteiger partial charge in [-0.3, -0.25) is 0 Å². The van der Waals surface area contributed by atoms with Gasteiger partial charge in [0, 0.05) is 11.1 Å². The Balaban J connectivity index is 1.49. The van der Waals surface area contributed by atoms with Crippen molar-refractivity contribution in [2.75, 3.05) is 0 Å². The molecule has 7 rings (SSSR count). The second-order valence-electron chi connectivity index (χ2n) is 8.83. The van der Waals surface area contributed by atoms with Crippen LogP contribution in [0.5, 0.6) is 0 Å². The number of hydrogen-bond donors (Lipinski definition) is 0. The van der Waals surface area contributed by atoms with Crippen molar-refractivity contribution in [2.45, 2.75) is 0 Å². The maximum Gasteiger partial charge on any atom is 0.0744 e. The predicted octanol–water partition coefficient (Wildman–Crippen LogP) is 6.63. The molecule has 0 aromatic heterocycles. The lowest BCUT2D eigenvalue weighted by molar-refractivity contribution is 1.41. The van der Waals surface area contributed by atoms with Crippen LogP contribution in [0.25, 0.3) is 11.1 Å². The van der Waals surface area contributed by atoms with Crippen LogP contribution < -0.4 is 0 Å². The second-order valence-corrected chi connectivity index (χ2v) is 8.83. The summed E-state index contributed by atoms with van der Waals surface area (Å²) in [5, 5.41) is 0. The monoisotopic (exact) mass is 460 g/mol. The lowest BCUT2D eigenvalue weighted by atomic mass is 9.91. The maximum atomic E-state index is 5.15. The number of allylic oxidation sites excluding steroid dienone is 12. The van der Waals surface area contributed by atoms with Gasteiger partial charge in [0.2, 0.25) is 0 Å². The standard InChI is InChI=1S/C32H20N4/c1-3-7-21(8-4-1)31-29-19-27-15-13-25(34-27)17-23-11-12-24(33-23)18-26-14-16-28(35-26)20-30(36-29)32(31)22-9-5-2-6-10-22/h1-20H. The maximum absolute atomic E-state index is 5.15. The number of aliphatic imine (C=N–C) groups is 4. The molecule has 0 atom stereocenters. The molecule has 2 aromatic rings. The molecule has 0 saturated heterocycles. The van der Waals surface area contributed by atoms with Crippen molar-refractivity contribution in [1.82, 2.24) is 0 Å². The Kier molecular flexibility index (Phi) is 4.74. The summed E-state index contributed by atoms with van der Waals surface area (Å²) in [4.78, 5) is 19.5. The number of benzene rings is 2. The minimum absolute atomic E-state index is 0.862. The van der Waals surface area contributed by atoms with Crippen LogP contribution in [0.1, 0.15) is 11.1 Å². The van der Waals surface area contributed by atoms with E-state index in [-0.39, 0.29) is 0 Å². The highest BCUT2D eigenvalue weighted by atomic mass is 14.8. The van der Waals surface area contributed by atoms with Crippen LogP contribution in [0, 0.1) is 0 Å². The van der Waals surface area contributed by atoms with E-state index in [0.717, 1.165) is 67.9 Å². The second kappa shape index (κ2) is 8.36. The van der Waals surface area contributed by atoms with Gasteiger partial charge >= 0.3 is 0 Å². The molecule has 5 heterocycles. The van der Waals surface area contributed by atoms with E-state index in [1.54, 1.807) is 0 Å². The zero-order valence-corrected chi connectivity index (χ0v) is 19.3. The van der Waals surface area contributed by atoms with Crippen LogP contribution in [0.2, 0.25) is 0 Å². The Bertz CT molecular complexity index is 1680. The molecule has 0 aliphatic carbocycles. The average molecular weight is 461 g/mol. The van der Waals surface area contributed by atoms with Crippen molar-refractivity contribution in [2.24, 2.45) is 20.0 Å². The van der Waals surface area contributed by atoms with Crippen LogP contribution >= 0.6 is 0 Å². The first-order valence-electron chi connectivity index (χ1n) is 11.9. The topological polar surface area (TPSA) is 49.4 Å². The van der Waals surface area contributed by atoms with Crippen LogP contribution in [0.4, 0.5) is 0 Å². The number of hydrogen-bond acceptors (Lipinski definition) is 4. The van der Waals surface area contributed by atoms with Gasteiger partial charge in [-0.25, -0.2) is 20.0 Å². The first-order chi connectivity index (χ1) is 17.8. The Hall–Kier alpha value is -4.96. The van der Waals surface area contributed by atoms with E-state index in [1.165, 1.54) is 0 Å². The van der Waals surface area contributed by atoms with E-state index in [0.29, 0.717) is 0 Å². The molecule has 0 unspecified atom stereocenters. The summed E-state index contributed by atoms with van der Waals surface area (Å²) in [5.74, 6) is 0. The first-order valence-corrected chi connectivity index (χ1v) is 11.9. The summed E-state index contributed by atoms with van der Waals surface area (Å²) >= 11 is 0. The van der Waals surface area contributed by atoms with Crippen molar-refractivity contribution < 1.29 is 0 Å². The van der Waals surface area contributed by atoms with Gasteiger partial charge in [-0.2, -0.15) is 0 Å². The van der Waals surface area contributed by atoms with Gasteiger partial charge in [-0.15, -0.1) is 0 Å². The quantitative estimate of drug-likeness (QED) is 0.483. The van der Waals surface area contributed by atoms with Gasteiger partial charge in [0.25, 0.3) is 0 Å². The van der Waals surface area contributed by atoms with E-state index in [1.807, 2.05) is 60.7 Å². The fourth-order valence-corrected chi connectivity index (χ4v) is 4.75.